The zero-order valence-corrected chi connectivity index (χ0v) is 12.8. The number of amides is 2. The first-order valence-corrected chi connectivity index (χ1v) is 7.79. The molecule has 0 radical (unpaired) electrons. The summed E-state index contributed by atoms with van der Waals surface area (Å²) in [5.41, 5.74) is 0.811. The molecule has 114 valence electrons. The van der Waals surface area contributed by atoms with Crippen molar-refractivity contribution in [1.82, 2.24) is 10.2 Å². The molecule has 1 aliphatic rings. The maximum absolute atomic E-state index is 13.1. The summed E-state index contributed by atoms with van der Waals surface area (Å²) < 4.78 is 13.1. The average Bonchev–Trinajstić information content (AvgIpc) is 3.11. The maximum atomic E-state index is 13.1. The van der Waals surface area contributed by atoms with E-state index in [1.165, 1.54) is 23.5 Å². The summed E-state index contributed by atoms with van der Waals surface area (Å²) in [7, 11) is 1.70. The van der Waals surface area contributed by atoms with Crippen molar-refractivity contribution in [3.8, 4) is 0 Å². The van der Waals surface area contributed by atoms with Gasteiger partial charge in [-0.05, 0) is 29.1 Å². The normalized spacial score (nSPS) is 21.2. The van der Waals surface area contributed by atoms with Gasteiger partial charge < -0.3 is 10.2 Å². The number of likely N-dealkylation sites (N-methyl/N-ethyl adjacent to an activating group) is 1. The van der Waals surface area contributed by atoms with Gasteiger partial charge in [-0.25, -0.2) is 4.39 Å². The van der Waals surface area contributed by atoms with Crippen molar-refractivity contribution in [2.24, 2.45) is 0 Å². The minimum atomic E-state index is -0.324. The topological polar surface area (TPSA) is 49.4 Å². The molecule has 1 aromatic heterocycles. The molecule has 0 saturated carbocycles. The van der Waals surface area contributed by atoms with Crippen LogP contribution >= 0.6 is 11.3 Å². The van der Waals surface area contributed by atoms with Gasteiger partial charge in [-0.2, -0.15) is 0 Å². The second-order valence-electron chi connectivity index (χ2n) is 5.26. The van der Waals surface area contributed by atoms with Crippen LogP contribution < -0.4 is 5.32 Å². The molecule has 1 fully saturated rings. The maximum Gasteiger partial charge on any atom is 0.261 e. The lowest BCUT2D eigenvalue weighted by Crippen LogP contribution is -2.38. The largest absolute Gasteiger partial charge is 0.346 e. The Bertz CT molecular complexity index is 685. The van der Waals surface area contributed by atoms with Crippen molar-refractivity contribution < 1.29 is 14.0 Å². The lowest BCUT2D eigenvalue weighted by molar-refractivity contribution is -0.127. The molecule has 0 unspecified atom stereocenters. The van der Waals surface area contributed by atoms with Crippen molar-refractivity contribution in [1.29, 1.82) is 0 Å². The standard InChI is InChI=1S/C16H15FN2O2S/c1-19-14(20)9-12(18-16(21)13-3-2-8-22-13)15(19)10-4-6-11(17)7-5-10/h2-8,12,15H,9H2,1H3,(H,18,21)/t12-,15-/m0/s1. The number of hydrogen-bond donors (Lipinski definition) is 1. The first-order chi connectivity index (χ1) is 10.6. The summed E-state index contributed by atoms with van der Waals surface area (Å²) in [4.78, 5) is 26.4. The van der Waals surface area contributed by atoms with Crippen molar-refractivity contribution in [3.63, 3.8) is 0 Å². The molecule has 6 heteroatoms. The smallest absolute Gasteiger partial charge is 0.261 e. The Morgan fingerprint density at radius 1 is 1.32 bits per heavy atom. The summed E-state index contributed by atoms with van der Waals surface area (Å²) in [5, 5.41) is 4.75. The summed E-state index contributed by atoms with van der Waals surface area (Å²) in [6.45, 7) is 0. The Kier molecular flexibility index (Phi) is 3.94. The number of benzene rings is 1. The summed E-state index contributed by atoms with van der Waals surface area (Å²) in [5.74, 6) is -0.545. The van der Waals surface area contributed by atoms with E-state index in [0.29, 0.717) is 4.88 Å². The number of rotatable bonds is 3. The molecule has 2 heterocycles. The highest BCUT2D eigenvalue weighted by atomic mass is 32.1. The molecule has 2 amide bonds. The zero-order chi connectivity index (χ0) is 15.7. The molecule has 2 aromatic rings. The fraction of sp³-hybridized carbons (Fsp3) is 0.250. The van der Waals surface area contributed by atoms with Crippen LogP contribution in [0.5, 0.6) is 0 Å². The molecule has 4 nitrogen and oxygen atoms in total. The molecule has 1 saturated heterocycles. The van der Waals surface area contributed by atoms with Gasteiger partial charge in [0.05, 0.1) is 17.0 Å². The molecule has 0 bridgehead atoms. The highest BCUT2D eigenvalue weighted by Gasteiger charge is 2.39. The number of hydrogen-bond acceptors (Lipinski definition) is 3. The Balaban J connectivity index is 1.83. The molecule has 0 spiro atoms. The lowest BCUT2D eigenvalue weighted by atomic mass is 10.00. The number of likely N-dealkylation sites (tertiary alicyclic amines) is 1. The van der Waals surface area contributed by atoms with Gasteiger partial charge >= 0.3 is 0 Å². The van der Waals surface area contributed by atoms with Crippen molar-refractivity contribution in [2.75, 3.05) is 7.05 Å². The molecule has 3 rings (SSSR count). The number of carbonyl (C=O) groups excluding carboxylic acids is 2. The highest BCUT2D eigenvalue weighted by molar-refractivity contribution is 7.12. The van der Waals surface area contributed by atoms with Gasteiger partial charge in [0.25, 0.3) is 5.91 Å². The van der Waals surface area contributed by atoms with Crippen LogP contribution in [-0.2, 0) is 4.79 Å². The molecule has 0 aliphatic carbocycles. The van der Waals surface area contributed by atoms with Gasteiger partial charge in [0.15, 0.2) is 0 Å². The van der Waals surface area contributed by atoms with Crippen LogP contribution in [0.1, 0.15) is 27.7 Å². The monoisotopic (exact) mass is 318 g/mol. The number of halogens is 1. The van der Waals surface area contributed by atoms with E-state index in [4.69, 9.17) is 0 Å². The predicted octanol–water partition coefficient (Wildman–Crippen LogP) is 2.59. The van der Waals surface area contributed by atoms with Crippen LogP contribution in [0, 0.1) is 5.82 Å². The molecule has 22 heavy (non-hydrogen) atoms. The molecule has 1 aromatic carbocycles. The summed E-state index contributed by atoms with van der Waals surface area (Å²) >= 11 is 1.35. The summed E-state index contributed by atoms with van der Waals surface area (Å²) in [6, 6.07) is 8.98. The van der Waals surface area contributed by atoms with E-state index < -0.39 is 0 Å². The van der Waals surface area contributed by atoms with E-state index >= 15 is 0 Å². The van der Waals surface area contributed by atoms with Crippen LogP contribution in [0.4, 0.5) is 4.39 Å². The number of nitrogens with one attached hydrogen (secondary N) is 1. The SMILES string of the molecule is CN1C(=O)C[C@H](NC(=O)c2cccs2)[C@@H]1c1ccc(F)cc1. The Labute approximate surface area is 131 Å². The molecular formula is C16H15FN2O2S. The molecular weight excluding hydrogens is 303 g/mol. The quantitative estimate of drug-likeness (QED) is 0.945. The van der Waals surface area contributed by atoms with Gasteiger partial charge in [-0.15, -0.1) is 11.3 Å². The fourth-order valence-corrected chi connectivity index (χ4v) is 3.39. The lowest BCUT2D eigenvalue weighted by Gasteiger charge is -2.25. The van der Waals surface area contributed by atoms with E-state index in [1.54, 1.807) is 30.1 Å². The second kappa shape index (κ2) is 5.88. The first-order valence-electron chi connectivity index (χ1n) is 6.92. The Morgan fingerprint density at radius 3 is 2.68 bits per heavy atom. The van der Waals surface area contributed by atoms with Gasteiger partial charge in [0.1, 0.15) is 5.82 Å². The van der Waals surface area contributed by atoms with Gasteiger partial charge in [-0.1, -0.05) is 18.2 Å². The van der Waals surface area contributed by atoms with E-state index in [9.17, 15) is 14.0 Å². The molecule has 2 atom stereocenters. The van der Waals surface area contributed by atoms with Gasteiger partial charge in [0, 0.05) is 13.5 Å². The number of thiophene rings is 1. The number of nitrogens with zero attached hydrogens (tertiary/aromatic N) is 1. The van der Waals surface area contributed by atoms with Crippen LogP contribution in [0.15, 0.2) is 41.8 Å². The molecule has 1 N–H and O–H groups in total. The van der Waals surface area contributed by atoms with Crippen LogP contribution in [0.3, 0.4) is 0 Å². The third-order valence-electron chi connectivity index (χ3n) is 3.86. The van der Waals surface area contributed by atoms with E-state index in [2.05, 4.69) is 5.32 Å². The zero-order valence-electron chi connectivity index (χ0n) is 12.0. The van der Waals surface area contributed by atoms with Crippen LogP contribution in [0.2, 0.25) is 0 Å². The minimum Gasteiger partial charge on any atom is -0.346 e. The van der Waals surface area contributed by atoms with E-state index in [-0.39, 0.29) is 36.1 Å². The second-order valence-corrected chi connectivity index (χ2v) is 6.21. The molecule has 1 aliphatic heterocycles. The third-order valence-corrected chi connectivity index (χ3v) is 4.73. The fourth-order valence-electron chi connectivity index (χ4n) is 2.76. The predicted molar refractivity (Wildman–Crippen MR) is 82.1 cm³/mol. The summed E-state index contributed by atoms with van der Waals surface area (Å²) in [6.07, 6.45) is 0.246. The highest BCUT2D eigenvalue weighted by Crippen LogP contribution is 2.32. The Hall–Kier alpha value is -2.21. The third kappa shape index (κ3) is 2.74. The van der Waals surface area contributed by atoms with E-state index in [0.717, 1.165) is 5.56 Å². The number of carbonyl (C=O) groups is 2. The van der Waals surface area contributed by atoms with Crippen LogP contribution in [-0.4, -0.2) is 29.8 Å². The van der Waals surface area contributed by atoms with Gasteiger partial charge in [-0.3, -0.25) is 9.59 Å². The van der Waals surface area contributed by atoms with Crippen molar-refractivity contribution >= 4 is 23.2 Å². The van der Waals surface area contributed by atoms with Crippen molar-refractivity contribution in [2.45, 2.75) is 18.5 Å². The Morgan fingerprint density at radius 2 is 2.05 bits per heavy atom. The van der Waals surface area contributed by atoms with E-state index in [1.807, 2.05) is 11.4 Å². The van der Waals surface area contributed by atoms with Gasteiger partial charge in [0.2, 0.25) is 5.91 Å². The average molecular weight is 318 g/mol. The first kappa shape index (κ1) is 14.7. The minimum absolute atomic E-state index is 0.0363. The van der Waals surface area contributed by atoms with Crippen LogP contribution in [0.25, 0.3) is 0 Å². The van der Waals surface area contributed by atoms with Crippen molar-refractivity contribution in [3.05, 3.63) is 58.0 Å².